The van der Waals surface area contributed by atoms with Crippen LogP contribution in [-0.2, 0) is 10.0 Å². The molecule has 3 heterocycles. The van der Waals surface area contributed by atoms with Crippen molar-refractivity contribution in [3.05, 3.63) is 59.7 Å². The van der Waals surface area contributed by atoms with E-state index in [-0.39, 0.29) is 23.6 Å². The number of aromatic amines is 1. The lowest BCUT2D eigenvalue weighted by atomic mass is 10.0. The van der Waals surface area contributed by atoms with Crippen molar-refractivity contribution in [3.8, 4) is 16.5 Å². The Labute approximate surface area is 183 Å². The van der Waals surface area contributed by atoms with Crippen LogP contribution in [0.3, 0.4) is 0 Å². The maximum Gasteiger partial charge on any atom is 0.240 e. The molecule has 4 aromatic rings. The highest BCUT2D eigenvalue weighted by Crippen LogP contribution is 2.32. The molecule has 0 amide bonds. The first-order chi connectivity index (χ1) is 15.0. The second-order valence-electron chi connectivity index (χ2n) is 6.71. The molecule has 0 unspecified atom stereocenters. The molecular formula is C21H20N4O4S2. The average molecular weight is 457 g/mol. The number of hydrogen-bond acceptors (Lipinski definition) is 7. The van der Waals surface area contributed by atoms with Crippen LogP contribution >= 0.6 is 11.3 Å². The molecule has 0 fully saturated rings. The van der Waals surface area contributed by atoms with E-state index in [1.807, 2.05) is 17.5 Å². The zero-order valence-electron chi connectivity index (χ0n) is 16.7. The number of Topliss-reactive ketones (excluding diaryl/α,β-unsaturated/α-hetero) is 1. The summed E-state index contributed by atoms with van der Waals surface area (Å²) in [6, 6.07) is 10.2. The van der Waals surface area contributed by atoms with Crippen LogP contribution in [0.4, 0.5) is 0 Å². The third kappa shape index (κ3) is 4.50. The van der Waals surface area contributed by atoms with Crippen molar-refractivity contribution in [1.29, 1.82) is 0 Å². The normalized spacial score (nSPS) is 11.6. The maximum absolute atomic E-state index is 12.9. The van der Waals surface area contributed by atoms with Gasteiger partial charge in [0.2, 0.25) is 10.0 Å². The molecule has 0 spiro atoms. The number of aromatic nitrogens is 3. The minimum atomic E-state index is -3.62. The number of thiophene rings is 1. The summed E-state index contributed by atoms with van der Waals surface area (Å²) in [6.07, 6.45) is 3.38. The number of sulfonamides is 1. The smallest absolute Gasteiger partial charge is 0.240 e. The Bertz CT molecular complexity index is 1300. The summed E-state index contributed by atoms with van der Waals surface area (Å²) < 4.78 is 32.4. The van der Waals surface area contributed by atoms with Crippen LogP contribution in [0, 0.1) is 0 Å². The van der Waals surface area contributed by atoms with E-state index in [4.69, 9.17) is 4.74 Å². The van der Waals surface area contributed by atoms with Gasteiger partial charge in [0.05, 0.1) is 16.9 Å². The molecule has 31 heavy (non-hydrogen) atoms. The minimum Gasteiger partial charge on any atom is -0.494 e. The Kier molecular flexibility index (Phi) is 6.12. The number of nitrogens with one attached hydrogen (secondary N) is 2. The summed E-state index contributed by atoms with van der Waals surface area (Å²) in [5.74, 6) is 1.17. The SMILES string of the molecule is COc1ccc(C(=O)CCCNS(=O)(=O)c2ccncc2)c2nc(-c3cccs3)[nH]c12. The lowest BCUT2D eigenvalue weighted by Gasteiger charge is -2.07. The molecule has 1 aromatic carbocycles. The number of methoxy groups -OCH3 is 1. The van der Waals surface area contributed by atoms with Crippen molar-refractivity contribution in [2.24, 2.45) is 0 Å². The fourth-order valence-electron chi connectivity index (χ4n) is 3.18. The summed E-state index contributed by atoms with van der Waals surface area (Å²) in [6.45, 7) is 0.150. The van der Waals surface area contributed by atoms with Crippen LogP contribution in [0.25, 0.3) is 21.7 Å². The molecule has 160 valence electrons. The fourth-order valence-corrected chi connectivity index (χ4v) is 4.91. The predicted octanol–water partition coefficient (Wildman–Crippen LogP) is 3.64. The zero-order valence-corrected chi connectivity index (χ0v) is 18.3. The molecule has 4 rings (SSSR count). The number of carbonyl (C=O) groups is 1. The third-order valence-electron chi connectivity index (χ3n) is 4.71. The first kappa shape index (κ1) is 21.2. The van der Waals surface area contributed by atoms with Crippen LogP contribution in [-0.4, -0.2) is 42.8 Å². The Morgan fingerprint density at radius 1 is 1.19 bits per heavy atom. The van der Waals surface area contributed by atoms with Gasteiger partial charge in [0.1, 0.15) is 22.6 Å². The van der Waals surface area contributed by atoms with E-state index in [2.05, 4.69) is 19.7 Å². The van der Waals surface area contributed by atoms with Crippen LogP contribution < -0.4 is 9.46 Å². The number of fused-ring (bicyclic) bond motifs is 1. The van der Waals surface area contributed by atoms with Crippen LogP contribution in [0.2, 0.25) is 0 Å². The van der Waals surface area contributed by atoms with Gasteiger partial charge in [-0.1, -0.05) is 6.07 Å². The van der Waals surface area contributed by atoms with Crippen molar-refractivity contribution in [1.82, 2.24) is 19.7 Å². The van der Waals surface area contributed by atoms with Crippen molar-refractivity contribution in [2.75, 3.05) is 13.7 Å². The summed E-state index contributed by atoms with van der Waals surface area (Å²) in [4.78, 5) is 25.7. The van der Waals surface area contributed by atoms with Crippen molar-refractivity contribution >= 4 is 38.2 Å². The summed E-state index contributed by atoms with van der Waals surface area (Å²) in [5.41, 5.74) is 1.69. The molecule has 0 aliphatic heterocycles. The lowest BCUT2D eigenvalue weighted by Crippen LogP contribution is -2.25. The average Bonchev–Trinajstić information content (AvgIpc) is 3.46. The molecule has 2 N–H and O–H groups in total. The minimum absolute atomic E-state index is 0.111. The molecule has 0 aliphatic rings. The molecule has 0 atom stereocenters. The molecule has 0 saturated heterocycles. The maximum atomic E-state index is 12.9. The number of rotatable bonds is 9. The van der Waals surface area contributed by atoms with Gasteiger partial charge in [-0.3, -0.25) is 9.78 Å². The van der Waals surface area contributed by atoms with E-state index in [9.17, 15) is 13.2 Å². The highest BCUT2D eigenvalue weighted by molar-refractivity contribution is 7.89. The van der Waals surface area contributed by atoms with Gasteiger partial charge >= 0.3 is 0 Å². The second kappa shape index (κ2) is 8.96. The number of ether oxygens (including phenoxy) is 1. The topological polar surface area (TPSA) is 114 Å². The van der Waals surface area contributed by atoms with E-state index >= 15 is 0 Å². The quantitative estimate of drug-likeness (QED) is 0.294. The number of carbonyl (C=O) groups excluding carboxylic acids is 1. The number of benzene rings is 1. The van der Waals surface area contributed by atoms with E-state index in [0.29, 0.717) is 34.6 Å². The Balaban J connectivity index is 1.48. The standard InChI is InChI=1S/C21H20N4O4S2/c1-29-17-7-6-15(19-20(17)25-21(24-19)18-5-3-13-30-18)16(26)4-2-10-23-31(27,28)14-8-11-22-12-9-14/h3,5-9,11-13,23H,2,4,10H2,1H3,(H,24,25). The zero-order chi connectivity index (χ0) is 21.8. The van der Waals surface area contributed by atoms with Crippen molar-refractivity contribution < 1.29 is 17.9 Å². The summed E-state index contributed by atoms with van der Waals surface area (Å²) in [7, 11) is -2.06. The van der Waals surface area contributed by atoms with Crippen molar-refractivity contribution in [3.63, 3.8) is 0 Å². The van der Waals surface area contributed by atoms with Gasteiger partial charge in [-0.25, -0.2) is 18.1 Å². The van der Waals surface area contributed by atoms with E-state index in [0.717, 1.165) is 4.88 Å². The second-order valence-corrected chi connectivity index (χ2v) is 9.42. The Hall–Kier alpha value is -3.08. The van der Waals surface area contributed by atoms with Crippen LogP contribution in [0.15, 0.2) is 59.1 Å². The number of imidazole rings is 1. The van der Waals surface area contributed by atoms with E-state index in [1.54, 1.807) is 30.6 Å². The molecule has 0 bridgehead atoms. The van der Waals surface area contributed by atoms with Gasteiger partial charge < -0.3 is 9.72 Å². The van der Waals surface area contributed by atoms with Gasteiger partial charge in [-0.2, -0.15) is 0 Å². The van der Waals surface area contributed by atoms with Crippen molar-refractivity contribution in [2.45, 2.75) is 17.7 Å². The highest BCUT2D eigenvalue weighted by atomic mass is 32.2. The number of ketones is 1. The molecule has 0 radical (unpaired) electrons. The van der Waals surface area contributed by atoms with Crippen LogP contribution in [0.5, 0.6) is 5.75 Å². The summed E-state index contributed by atoms with van der Waals surface area (Å²) in [5, 5.41) is 1.96. The number of nitrogens with zero attached hydrogens (tertiary/aromatic N) is 2. The van der Waals surface area contributed by atoms with Crippen LogP contribution in [0.1, 0.15) is 23.2 Å². The van der Waals surface area contributed by atoms with Gasteiger partial charge in [0.25, 0.3) is 0 Å². The largest absolute Gasteiger partial charge is 0.494 e. The fraction of sp³-hybridized carbons (Fsp3) is 0.190. The predicted molar refractivity (Wildman–Crippen MR) is 119 cm³/mol. The number of hydrogen-bond donors (Lipinski definition) is 2. The Morgan fingerprint density at radius 3 is 2.71 bits per heavy atom. The highest BCUT2D eigenvalue weighted by Gasteiger charge is 2.19. The van der Waals surface area contributed by atoms with Gasteiger partial charge in [0.15, 0.2) is 5.78 Å². The molecule has 10 heteroatoms. The monoisotopic (exact) mass is 456 g/mol. The molecule has 0 aliphatic carbocycles. The molecular weight excluding hydrogens is 436 g/mol. The molecule has 8 nitrogen and oxygen atoms in total. The first-order valence-corrected chi connectivity index (χ1v) is 11.9. The first-order valence-electron chi connectivity index (χ1n) is 9.53. The lowest BCUT2D eigenvalue weighted by molar-refractivity contribution is 0.0982. The van der Waals surface area contributed by atoms with Gasteiger partial charge in [-0.15, -0.1) is 11.3 Å². The molecule has 3 aromatic heterocycles. The Morgan fingerprint density at radius 2 is 2.00 bits per heavy atom. The van der Waals surface area contributed by atoms with E-state index in [1.165, 1.54) is 24.5 Å². The summed E-state index contributed by atoms with van der Waals surface area (Å²) >= 11 is 1.55. The van der Waals surface area contributed by atoms with Gasteiger partial charge in [0, 0.05) is 30.9 Å². The third-order valence-corrected chi connectivity index (χ3v) is 7.07. The van der Waals surface area contributed by atoms with Gasteiger partial charge in [-0.05, 0) is 42.1 Å². The number of pyridine rings is 1. The number of H-pyrrole nitrogens is 1. The molecule has 0 saturated carbocycles. The van der Waals surface area contributed by atoms with E-state index < -0.39 is 10.0 Å².